The zero-order valence-corrected chi connectivity index (χ0v) is 14.2. The Hall–Kier alpha value is -2.60. The van der Waals surface area contributed by atoms with Crippen LogP contribution in [0.4, 0.5) is 0 Å². The third-order valence-electron chi connectivity index (χ3n) is 4.06. The third-order valence-corrected chi connectivity index (χ3v) is 4.06. The first kappa shape index (κ1) is 16.3. The van der Waals surface area contributed by atoms with Gasteiger partial charge in [-0.25, -0.2) is 4.98 Å². The molecule has 0 saturated carbocycles. The summed E-state index contributed by atoms with van der Waals surface area (Å²) in [5.74, 6) is 0.790. The monoisotopic (exact) mass is 326 g/mol. The van der Waals surface area contributed by atoms with Gasteiger partial charge in [0.05, 0.1) is 24.4 Å². The molecule has 126 valence electrons. The lowest BCUT2D eigenvalue weighted by molar-refractivity contribution is -0.120. The molecule has 24 heavy (non-hydrogen) atoms. The number of imidazole rings is 1. The Morgan fingerprint density at radius 1 is 1.38 bits per heavy atom. The van der Waals surface area contributed by atoms with Crippen LogP contribution in [0.2, 0.25) is 0 Å². The van der Waals surface area contributed by atoms with Crippen molar-refractivity contribution in [3.05, 3.63) is 59.9 Å². The van der Waals surface area contributed by atoms with Gasteiger partial charge in [-0.05, 0) is 44.8 Å². The molecule has 0 aromatic carbocycles. The number of carbonyl (C=O) groups excluding carboxylic acids is 1. The Morgan fingerprint density at radius 2 is 2.21 bits per heavy atom. The van der Waals surface area contributed by atoms with Crippen molar-refractivity contribution < 1.29 is 9.21 Å². The second-order valence-electron chi connectivity index (χ2n) is 6.13. The molecule has 0 aliphatic carbocycles. The number of carbonyl (C=O) groups is 1. The van der Waals surface area contributed by atoms with Gasteiger partial charge in [0.25, 0.3) is 0 Å². The molecule has 0 fully saturated rings. The number of hydrogen-bond donors (Lipinski definition) is 1. The molecule has 3 rings (SSSR count). The fraction of sp³-hybridized carbons (Fsp3) is 0.333. The molecule has 0 spiro atoms. The first-order chi connectivity index (χ1) is 11.5. The van der Waals surface area contributed by atoms with Crippen molar-refractivity contribution in [3.8, 4) is 0 Å². The largest absolute Gasteiger partial charge is 0.468 e. The minimum Gasteiger partial charge on any atom is -0.468 e. The van der Waals surface area contributed by atoms with Crippen LogP contribution in [-0.4, -0.2) is 40.8 Å². The maximum Gasteiger partial charge on any atom is 0.226 e. The van der Waals surface area contributed by atoms with Gasteiger partial charge in [-0.15, -0.1) is 0 Å². The quantitative estimate of drug-likeness (QED) is 0.754. The van der Waals surface area contributed by atoms with Crippen molar-refractivity contribution in [2.75, 3.05) is 20.6 Å². The van der Waals surface area contributed by atoms with Gasteiger partial charge < -0.3 is 14.1 Å². The van der Waals surface area contributed by atoms with Gasteiger partial charge in [-0.1, -0.05) is 6.07 Å². The highest BCUT2D eigenvalue weighted by Gasteiger charge is 2.18. The Balaban J connectivity index is 1.63. The lowest BCUT2D eigenvalue weighted by Crippen LogP contribution is -2.35. The molecule has 0 bridgehead atoms. The number of rotatable bonds is 6. The van der Waals surface area contributed by atoms with Crippen LogP contribution in [0.25, 0.3) is 5.65 Å². The molecule has 3 aromatic rings. The van der Waals surface area contributed by atoms with Gasteiger partial charge in [-0.2, -0.15) is 0 Å². The Labute approximate surface area is 141 Å². The van der Waals surface area contributed by atoms with E-state index in [0.717, 1.165) is 22.7 Å². The third kappa shape index (κ3) is 3.49. The van der Waals surface area contributed by atoms with E-state index in [1.165, 1.54) is 0 Å². The van der Waals surface area contributed by atoms with Gasteiger partial charge in [-0.3, -0.25) is 9.69 Å². The summed E-state index contributed by atoms with van der Waals surface area (Å²) in [6, 6.07) is 7.76. The molecule has 6 heteroatoms. The number of hydrogen-bond acceptors (Lipinski definition) is 4. The minimum atomic E-state index is -0.0468. The van der Waals surface area contributed by atoms with Gasteiger partial charge in [0.15, 0.2) is 0 Å². The van der Waals surface area contributed by atoms with Gasteiger partial charge in [0, 0.05) is 18.9 Å². The van der Waals surface area contributed by atoms with Crippen molar-refractivity contribution in [3.63, 3.8) is 0 Å². The maximum absolute atomic E-state index is 12.3. The fourth-order valence-corrected chi connectivity index (χ4v) is 2.75. The molecular formula is C18H22N4O2. The maximum atomic E-state index is 12.3. The van der Waals surface area contributed by atoms with E-state index in [1.54, 1.807) is 6.26 Å². The van der Waals surface area contributed by atoms with Crippen LogP contribution in [0.15, 0.2) is 47.3 Å². The van der Waals surface area contributed by atoms with Crippen LogP contribution in [0.1, 0.15) is 23.1 Å². The van der Waals surface area contributed by atoms with E-state index in [9.17, 15) is 4.79 Å². The predicted octanol–water partition coefficient (Wildman–Crippen LogP) is 2.20. The van der Waals surface area contributed by atoms with E-state index in [1.807, 2.05) is 67.0 Å². The SMILES string of the molecule is Cc1cccn2cc(CC(=O)NC[C@@H](c3ccco3)N(C)C)nc12. The predicted molar refractivity (Wildman–Crippen MR) is 91.8 cm³/mol. The zero-order valence-electron chi connectivity index (χ0n) is 14.2. The van der Waals surface area contributed by atoms with E-state index in [0.29, 0.717) is 6.54 Å². The van der Waals surface area contributed by atoms with Crippen molar-refractivity contribution >= 4 is 11.6 Å². The second kappa shape index (κ2) is 6.88. The second-order valence-corrected chi connectivity index (χ2v) is 6.13. The number of amides is 1. The van der Waals surface area contributed by atoms with E-state index in [4.69, 9.17) is 4.42 Å². The molecule has 0 unspecified atom stereocenters. The van der Waals surface area contributed by atoms with Crippen molar-refractivity contribution in [2.45, 2.75) is 19.4 Å². The van der Waals surface area contributed by atoms with Crippen LogP contribution in [0.3, 0.4) is 0 Å². The lowest BCUT2D eigenvalue weighted by atomic mass is 10.2. The molecule has 3 heterocycles. The number of fused-ring (bicyclic) bond motifs is 1. The number of aromatic nitrogens is 2. The highest BCUT2D eigenvalue weighted by molar-refractivity contribution is 5.78. The van der Waals surface area contributed by atoms with Crippen molar-refractivity contribution in [1.82, 2.24) is 19.6 Å². The van der Waals surface area contributed by atoms with Gasteiger partial charge in [0.2, 0.25) is 5.91 Å². The molecule has 1 atom stereocenters. The zero-order chi connectivity index (χ0) is 17.1. The first-order valence-electron chi connectivity index (χ1n) is 7.94. The average Bonchev–Trinajstić information content (AvgIpc) is 3.17. The number of furan rings is 1. The molecule has 1 amide bonds. The molecule has 0 aliphatic rings. The number of nitrogens with zero attached hydrogens (tertiary/aromatic N) is 3. The van der Waals surface area contributed by atoms with Crippen LogP contribution in [0.5, 0.6) is 0 Å². The smallest absolute Gasteiger partial charge is 0.226 e. The summed E-state index contributed by atoms with van der Waals surface area (Å²) in [7, 11) is 3.93. The molecule has 3 aromatic heterocycles. The molecular weight excluding hydrogens is 304 g/mol. The highest BCUT2D eigenvalue weighted by atomic mass is 16.3. The first-order valence-corrected chi connectivity index (χ1v) is 7.94. The van der Waals surface area contributed by atoms with E-state index in [-0.39, 0.29) is 18.4 Å². The molecule has 0 saturated heterocycles. The Kier molecular flexibility index (Phi) is 4.66. The van der Waals surface area contributed by atoms with Crippen molar-refractivity contribution in [1.29, 1.82) is 0 Å². The summed E-state index contributed by atoms with van der Waals surface area (Å²) in [4.78, 5) is 18.8. The van der Waals surface area contributed by atoms with E-state index >= 15 is 0 Å². The lowest BCUT2D eigenvalue weighted by Gasteiger charge is -2.22. The molecule has 0 radical (unpaired) electrons. The topological polar surface area (TPSA) is 62.8 Å². The van der Waals surface area contributed by atoms with Crippen LogP contribution >= 0.6 is 0 Å². The van der Waals surface area contributed by atoms with Crippen LogP contribution in [-0.2, 0) is 11.2 Å². The summed E-state index contributed by atoms with van der Waals surface area (Å²) in [6.07, 6.45) is 5.75. The normalized spacial score (nSPS) is 12.7. The van der Waals surface area contributed by atoms with Crippen LogP contribution in [0, 0.1) is 6.92 Å². The van der Waals surface area contributed by atoms with Gasteiger partial charge in [0.1, 0.15) is 11.4 Å². The Morgan fingerprint density at radius 3 is 2.88 bits per heavy atom. The standard InChI is InChI=1S/C18H22N4O2/c1-13-6-4-8-22-12-14(20-18(13)22)10-17(23)19-11-15(21(2)3)16-7-5-9-24-16/h4-9,12,15H,10-11H2,1-3H3,(H,19,23)/t15-/m0/s1. The summed E-state index contributed by atoms with van der Waals surface area (Å²) in [6.45, 7) is 2.50. The molecule has 1 N–H and O–H groups in total. The van der Waals surface area contributed by atoms with E-state index in [2.05, 4.69) is 10.3 Å². The summed E-state index contributed by atoms with van der Waals surface area (Å²) < 4.78 is 7.40. The van der Waals surface area contributed by atoms with Crippen molar-refractivity contribution in [2.24, 2.45) is 0 Å². The highest BCUT2D eigenvalue weighted by Crippen LogP contribution is 2.17. The number of likely N-dealkylation sites (N-methyl/N-ethyl adjacent to an activating group) is 1. The van der Waals surface area contributed by atoms with E-state index < -0.39 is 0 Å². The molecule has 0 aliphatic heterocycles. The minimum absolute atomic E-state index is 0.00673. The van der Waals surface area contributed by atoms with Crippen LogP contribution < -0.4 is 5.32 Å². The van der Waals surface area contributed by atoms with Gasteiger partial charge >= 0.3 is 0 Å². The molecule has 6 nitrogen and oxygen atoms in total. The Bertz CT molecular complexity index is 821. The summed E-state index contributed by atoms with van der Waals surface area (Å²) >= 11 is 0. The average molecular weight is 326 g/mol. The fourth-order valence-electron chi connectivity index (χ4n) is 2.75. The number of nitrogens with one attached hydrogen (secondary N) is 1. The summed E-state index contributed by atoms with van der Waals surface area (Å²) in [5.41, 5.74) is 2.75. The number of pyridine rings is 1. The number of aryl methyl sites for hydroxylation is 1. The summed E-state index contributed by atoms with van der Waals surface area (Å²) in [5, 5.41) is 2.97.